The lowest BCUT2D eigenvalue weighted by molar-refractivity contribution is -0.130. The van der Waals surface area contributed by atoms with Crippen molar-refractivity contribution < 1.29 is 4.79 Å². The van der Waals surface area contributed by atoms with Crippen molar-refractivity contribution in [3.05, 3.63) is 0 Å². The highest BCUT2D eigenvalue weighted by Crippen LogP contribution is 2.11. The van der Waals surface area contributed by atoms with Crippen molar-refractivity contribution in [2.24, 2.45) is 0 Å². The normalized spacial score (nSPS) is 20.6. The van der Waals surface area contributed by atoms with Crippen LogP contribution in [0.5, 0.6) is 0 Å². The topological polar surface area (TPSA) is 35.6 Å². The Morgan fingerprint density at radius 1 is 1.35 bits per heavy atom. The lowest BCUT2D eigenvalue weighted by atomic mass is 10.2. The summed E-state index contributed by atoms with van der Waals surface area (Å²) in [6.07, 6.45) is 1.69. The number of nitrogens with zero attached hydrogens (tertiary/aromatic N) is 2. The number of thioether (sulfide) groups is 1. The monoisotopic (exact) mass is 259 g/mol. The number of rotatable bonds is 6. The third-order valence-electron chi connectivity index (χ3n) is 2.94. The molecule has 1 unspecified atom stereocenters. The van der Waals surface area contributed by atoms with E-state index in [4.69, 9.17) is 0 Å². The van der Waals surface area contributed by atoms with Crippen molar-refractivity contribution >= 4 is 17.7 Å². The van der Waals surface area contributed by atoms with Gasteiger partial charge in [-0.3, -0.25) is 4.79 Å². The smallest absolute Gasteiger partial charge is 0.223 e. The molecule has 1 amide bonds. The maximum atomic E-state index is 12.0. The van der Waals surface area contributed by atoms with Gasteiger partial charge in [-0.1, -0.05) is 0 Å². The van der Waals surface area contributed by atoms with E-state index in [-0.39, 0.29) is 5.91 Å². The zero-order valence-corrected chi connectivity index (χ0v) is 12.1. The van der Waals surface area contributed by atoms with Crippen LogP contribution in [0, 0.1) is 0 Å². The molecule has 0 bridgehead atoms. The highest BCUT2D eigenvalue weighted by molar-refractivity contribution is 7.99. The molecule has 1 saturated heterocycles. The van der Waals surface area contributed by atoms with Crippen LogP contribution < -0.4 is 5.32 Å². The Kier molecular flexibility index (Phi) is 6.92. The maximum absolute atomic E-state index is 12.0. The van der Waals surface area contributed by atoms with Gasteiger partial charge in [0.15, 0.2) is 0 Å². The predicted molar refractivity (Wildman–Crippen MR) is 74.5 cm³/mol. The summed E-state index contributed by atoms with van der Waals surface area (Å²) in [6.45, 7) is 2.93. The van der Waals surface area contributed by atoms with E-state index in [2.05, 4.69) is 24.3 Å². The molecule has 17 heavy (non-hydrogen) atoms. The van der Waals surface area contributed by atoms with E-state index < -0.39 is 0 Å². The zero-order chi connectivity index (χ0) is 12.7. The van der Waals surface area contributed by atoms with Gasteiger partial charge in [0.1, 0.15) is 0 Å². The number of hydrogen-bond donors (Lipinski definition) is 1. The summed E-state index contributed by atoms with van der Waals surface area (Å²) in [6, 6.07) is 0.373. The van der Waals surface area contributed by atoms with Crippen LogP contribution in [-0.4, -0.2) is 74.0 Å². The van der Waals surface area contributed by atoms with Crippen LogP contribution in [-0.2, 0) is 4.79 Å². The predicted octanol–water partition coefficient (Wildman–Crippen LogP) is 0.492. The van der Waals surface area contributed by atoms with Gasteiger partial charge in [-0.15, -0.1) is 0 Å². The highest BCUT2D eigenvalue weighted by Gasteiger charge is 2.18. The molecule has 0 aromatic heterocycles. The molecule has 0 aromatic rings. The van der Waals surface area contributed by atoms with Crippen LogP contribution in [0.3, 0.4) is 0 Å². The molecule has 1 N–H and O–H groups in total. The molecule has 0 spiro atoms. The van der Waals surface area contributed by atoms with E-state index in [0.717, 1.165) is 31.8 Å². The minimum atomic E-state index is 0.267. The van der Waals surface area contributed by atoms with Crippen molar-refractivity contribution in [1.29, 1.82) is 0 Å². The van der Waals surface area contributed by atoms with Crippen molar-refractivity contribution in [1.82, 2.24) is 15.1 Å². The largest absolute Gasteiger partial charge is 0.346 e. The summed E-state index contributed by atoms with van der Waals surface area (Å²) in [5, 5.41) is 3.40. The molecular formula is C12H25N3OS. The van der Waals surface area contributed by atoms with Crippen LogP contribution in [0.4, 0.5) is 0 Å². The fraction of sp³-hybridized carbons (Fsp3) is 0.917. The fourth-order valence-electron chi connectivity index (χ4n) is 1.87. The minimum Gasteiger partial charge on any atom is -0.346 e. The van der Waals surface area contributed by atoms with Gasteiger partial charge in [-0.05, 0) is 27.1 Å². The Hall–Kier alpha value is -0.260. The number of hydrogen-bond acceptors (Lipinski definition) is 4. The van der Waals surface area contributed by atoms with Crippen LogP contribution >= 0.6 is 11.8 Å². The standard InChI is InChI=1S/C12H25N3OS/c1-14(2)6-4-7-15(3)12(16)9-11-10-17-8-5-13-11/h11,13H,4-10H2,1-3H3. The Morgan fingerprint density at radius 3 is 2.71 bits per heavy atom. The van der Waals surface area contributed by atoms with Crippen molar-refractivity contribution in [2.45, 2.75) is 18.9 Å². The second-order valence-electron chi connectivity index (χ2n) is 4.90. The van der Waals surface area contributed by atoms with E-state index >= 15 is 0 Å². The summed E-state index contributed by atoms with van der Waals surface area (Å²) >= 11 is 1.94. The SMILES string of the molecule is CN(C)CCCN(C)C(=O)CC1CSCCN1. The molecule has 1 aliphatic heterocycles. The molecule has 0 saturated carbocycles. The van der Waals surface area contributed by atoms with Gasteiger partial charge in [0.25, 0.3) is 0 Å². The third kappa shape index (κ3) is 6.29. The Labute approximate surface area is 109 Å². The number of carbonyl (C=O) groups is 1. The van der Waals surface area contributed by atoms with E-state index in [1.165, 1.54) is 5.75 Å². The molecule has 0 aliphatic carbocycles. The van der Waals surface area contributed by atoms with E-state index in [1.807, 2.05) is 23.7 Å². The number of amides is 1. The fourth-order valence-corrected chi connectivity index (χ4v) is 2.82. The summed E-state index contributed by atoms with van der Waals surface area (Å²) in [5.74, 6) is 2.50. The second-order valence-corrected chi connectivity index (χ2v) is 6.05. The van der Waals surface area contributed by atoms with Gasteiger partial charge in [-0.2, -0.15) is 11.8 Å². The van der Waals surface area contributed by atoms with Gasteiger partial charge >= 0.3 is 0 Å². The minimum absolute atomic E-state index is 0.267. The quantitative estimate of drug-likeness (QED) is 0.753. The van der Waals surface area contributed by atoms with Gasteiger partial charge in [0.2, 0.25) is 5.91 Å². The number of nitrogens with one attached hydrogen (secondary N) is 1. The van der Waals surface area contributed by atoms with E-state index in [9.17, 15) is 4.79 Å². The molecule has 100 valence electrons. The maximum Gasteiger partial charge on any atom is 0.223 e. The van der Waals surface area contributed by atoms with Crippen LogP contribution in [0.25, 0.3) is 0 Å². The third-order valence-corrected chi connectivity index (χ3v) is 4.07. The Bertz CT molecular complexity index is 230. The zero-order valence-electron chi connectivity index (χ0n) is 11.2. The lowest BCUT2D eigenvalue weighted by Crippen LogP contribution is -2.42. The molecule has 5 heteroatoms. The molecule has 0 aromatic carbocycles. The molecule has 1 heterocycles. The Morgan fingerprint density at radius 2 is 2.12 bits per heavy atom. The van der Waals surface area contributed by atoms with Crippen molar-refractivity contribution in [3.8, 4) is 0 Å². The van der Waals surface area contributed by atoms with E-state index in [0.29, 0.717) is 12.5 Å². The van der Waals surface area contributed by atoms with Crippen LogP contribution in [0.2, 0.25) is 0 Å². The molecule has 1 fully saturated rings. The first-order valence-corrected chi connectivity index (χ1v) is 7.45. The first-order valence-electron chi connectivity index (χ1n) is 6.29. The lowest BCUT2D eigenvalue weighted by Gasteiger charge is -2.25. The second kappa shape index (κ2) is 7.95. The summed E-state index contributed by atoms with van der Waals surface area (Å²) in [7, 11) is 6.03. The molecular weight excluding hydrogens is 234 g/mol. The van der Waals surface area contributed by atoms with Crippen LogP contribution in [0.15, 0.2) is 0 Å². The Balaban J connectivity index is 2.16. The summed E-state index contributed by atoms with van der Waals surface area (Å²) in [5.41, 5.74) is 0. The summed E-state index contributed by atoms with van der Waals surface area (Å²) in [4.78, 5) is 16.0. The van der Waals surface area contributed by atoms with Crippen molar-refractivity contribution in [3.63, 3.8) is 0 Å². The molecule has 0 radical (unpaired) electrons. The first kappa shape index (κ1) is 14.8. The molecule has 1 atom stereocenters. The van der Waals surface area contributed by atoms with Crippen molar-refractivity contribution in [2.75, 3.05) is 52.3 Å². The van der Waals surface area contributed by atoms with Gasteiger partial charge in [0, 0.05) is 44.1 Å². The summed E-state index contributed by atoms with van der Waals surface area (Å²) < 4.78 is 0. The molecule has 4 nitrogen and oxygen atoms in total. The molecule has 1 rings (SSSR count). The molecule has 1 aliphatic rings. The van der Waals surface area contributed by atoms with E-state index in [1.54, 1.807) is 0 Å². The highest BCUT2D eigenvalue weighted by atomic mass is 32.2. The van der Waals surface area contributed by atoms with Gasteiger partial charge < -0.3 is 15.1 Å². The number of carbonyl (C=O) groups excluding carboxylic acids is 1. The average molecular weight is 259 g/mol. The first-order chi connectivity index (χ1) is 8.09. The van der Waals surface area contributed by atoms with Gasteiger partial charge in [0.05, 0.1) is 0 Å². The van der Waals surface area contributed by atoms with Gasteiger partial charge in [-0.25, -0.2) is 0 Å². The van der Waals surface area contributed by atoms with Crippen LogP contribution in [0.1, 0.15) is 12.8 Å². The average Bonchev–Trinajstić information content (AvgIpc) is 2.29.